The lowest BCUT2D eigenvalue weighted by molar-refractivity contribution is 0.595. The van der Waals surface area contributed by atoms with Gasteiger partial charge in [-0.2, -0.15) is 8.42 Å². The standard InChI is InChI=1S/C7H8Cl2N2O2S/c1-11(10-14(9,12)13)7-4-2-6(8)3-5-7/h2-5,10H,1H3. The third-order valence-electron chi connectivity index (χ3n) is 1.46. The van der Waals surface area contributed by atoms with Crippen LogP contribution in [-0.2, 0) is 9.24 Å². The fourth-order valence-corrected chi connectivity index (χ4v) is 1.75. The molecule has 0 amide bonds. The van der Waals surface area contributed by atoms with Gasteiger partial charge in [-0.05, 0) is 24.3 Å². The van der Waals surface area contributed by atoms with Crippen LogP contribution in [0.5, 0.6) is 0 Å². The smallest absolute Gasteiger partial charge is 0.297 e. The second-order valence-electron chi connectivity index (χ2n) is 2.56. The first-order valence-corrected chi connectivity index (χ1v) is 6.28. The van der Waals surface area contributed by atoms with Gasteiger partial charge in [0, 0.05) is 22.8 Å². The van der Waals surface area contributed by atoms with E-state index in [1.54, 1.807) is 24.3 Å². The van der Waals surface area contributed by atoms with Crippen molar-refractivity contribution in [3.8, 4) is 0 Å². The summed E-state index contributed by atoms with van der Waals surface area (Å²) in [6.45, 7) is 0. The number of hydrogen-bond acceptors (Lipinski definition) is 3. The van der Waals surface area contributed by atoms with Crippen LogP contribution in [0.2, 0.25) is 5.02 Å². The minimum absolute atomic E-state index is 0.580. The highest BCUT2D eigenvalue weighted by Gasteiger charge is 2.08. The van der Waals surface area contributed by atoms with E-state index in [0.717, 1.165) is 0 Å². The number of hydrogen-bond donors (Lipinski definition) is 1. The summed E-state index contributed by atoms with van der Waals surface area (Å²) in [5.74, 6) is 0. The molecule has 1 N–H and O–H groups in total. The Kier molecular flexibility index (Phi) is 3.60. The molecular weight excluding hydrogens is 247 g/mol. The maximum absolute atomic E-state index is 10.7. The van der Waals surface area contributed by atoms with Gasteiger partial charge in [-0.15, -0.1) is 4.83 Å². The number of hydrazine groups is 1. The van der Waals surface area contributed by atoms with Gasteiger partial charge >= 0.3 is 9.24 Å². The maximum Gasteiger partial charge on any atom is 0.314 e. The Bertz CT molecular complexity index is 404. The van der Waals surface area contributed by atoms with Crippen molar-refractivity contribution >= 4 is 37.2 Å². The van der Waals surface area contributed by atoms with Crippen LogP contribution < -0.4 is 9.84 Å². The summed E-state index contributed by atoms with van der Waals surface area (Å²) < 4.78 is 21.3. The lowest BCUT2D eigenvalue weighted by Crippen LogP contribution is -2.36. The second kappa shape index (κ2) is 4.35. The summed E-state index contributed by atoms with van der Waals surface area (Å²) in [6, 6.07) is 6.63. The fraction of sp³-hybridized carbons (Fsp3) is 0.143. The van der Waals surface area contributed by atoms with Crippen molar-refractivity contribution in [3.05, 3.63) is 29.3 Å². The molecule has 0 aliphatic heterocycles. The highest BCUT2D eigenvalue weighted by atomic mass is 35.7. The number of halogens is 2. The molecule has 14 heavy (non-hydrogen) atoms. The average molecular weight is 255 g/mol. The maximum atomic E-state index is 10.7. The summed E-state index contributed by atoms with van der Waals surface area (Å²) in [5.41, 5.74) is 0.638. The van der Waals surface area contributed by atoms with E-state index in [1.165, 1.54) is 12.1 Å². The van der Waals surface area contributed by atoms with E-state index in [4.69, 9.17) is 22.3 Å². The first-order chi connectivity index (χ1) is 6.38. The largest absolute Gasteiger partial charge is 0.314 e. The molecule has 0 aliphatic carbocycles. The van der Waals surface area contributed by atoms with Gasteiger partial charge in [-0.25, -0.2) is 0 Å². The van der Waals surface area contributed by atoms with Crippen molar-refractivity contribution in [2.24, 2.45) is 0 Å². The lowest BCUT2D eigenvalue weighted by atomic mass is 10.3. The monoisotopic (exact) mass is 254 g/mol. The van der Waals surface area contributed by atoms with Gasteiger partial charge in [-0.1, -0.05) is 11.6 Å². The minimum atomic E-state index is -3.77. The molecule has 0 bridgehead atoms. The third kappa shape index (κ3) is 3.71. The lowest BCUT2D eigenvalue weighted by Gasteiger charge is -2.17. The van der Waals surface area contributed by atoms with Crippen molar-refractivity contribution in [2.75, 3.05) is 12.1 Å². The van der Waals surface area contributed by atoms with Crippen molar-refractivity contribution in [2.45, 2.75) is 0 Å². The van der Waals surface area contributed by atoms with E-state index in [0.29, 0.717) is 10.7 Å². The predicted octanol–water partition coefficient (Wildman–Crippen LogP) is 1.76. The zero-order valence-corrected chi connectivity index (χ0v) is 9.57. The zero-order valence-electron chi connectivity index (χ0n) is 7.24. The van der Waals surface area contributed by atoms with E-state index < -0.39 is 9.24 Å². The van der Waals surface area contributed by atoms with Gasteiger partial charge in [-0.3, -0.25) is 5.01 Å². The van der Waals surface area contributed by atoms with Gasteiger partial charge in [0.15, 0.2) is 0 Å². The van der Waals surface area contributed by atoms with Crippen LogP contribution in [0.4, 0.5) is 5.69 Å². The molecule has 4 nitrogen and oxygen atoms in total. The van der Waals surface area contributed by atoms with Gasteiger partial charge < -0.3 is 0 Å². The van der Waals surface area contributed by atoms with E-state index in [-0.39, 0.29) is 0 Å². The van der Waals surface area contributed by atoms with E-state index in [9.17, 15) is 8.42 Å². The Balaban J connectivity index is 2.80. The molecule has 0 heterocycles. The molecule has 0 aliphatic rings. The highest BCUT2D eigenvalue weighted by molar-refractivity contribution is 8.12. The molecule has 0 atom stereocenters. The first kappa shape index (κ1) is 11.6. The molecule has 7 heteroatoms. The molecule has 0 saturated carbocycles. The van der Waals surface area contributed by atoms with Crippen LogP contribution >= 0.6 is 22.3 Å². The average Bonchev–Trinajstić information content (AvgIpc) is 2.02. The van der Waals surface area contributed by atoms with Crippen molar-refractivity contribution < 1.29 is 8.42 Å². The van der Waals surface area contributed by atoms with E-state index in [1.807, 2.05) is 0 Å². The molecule has 1 aromatic carbocycles. The van der Waals surface area contributed by atoms with Crippen LogP contribution in [0.15, 0.2) is 24.3 Å². The summed E-state index contributed by atoms with van der Waals surface area (Å²) in [7, 11) is 2.77. The van der Waals surface area contributed by atoms with Crippen molar-refractivity contribution in [1.29, 1.82) is 0 Å². The molecule has 1 aromatic rings. The van der Waals surface area contributed by atoms with Crippen LogP contribution in [-0.4, -0.2) is 15.5 Å². The number of anilines is 1. The van der Waals surface area contributed by atoms with Crippen LogP contribution in [0.3, 0.4) is 0 Å². The Labute approximate surface area is 91.9 Å². The minimum Gasteiger partial charge on any atom is -0.297 e. The second-order valence-corrected chi connectivity index (χ2v) is 5.28. The van der Waals surface area contributed by atoms with Crippen LogP contribution in [0.1, 0.15) is 0 Å². The molecule has 0 spiro atoms. The third-order valence-corrected chi connectivity index (χ3v) is 2.41. The molecule has 0 fully saturated rings. The SMILES string of the molecule is CN(NS(=O)(=O)Cl)c1ccc(Cl)cc1. The number of nitrogens with one attached hydrogen (secondary N) is 1. The molecule has 0 aromatic heterocycles. The Hall–Kier alpha value is -0.490. The molecule has 0 unspecified atom stereocenters. The molecule has 0 radical (unpaired) electrons. The summed E-state index contributed by atoms with van der Waals surface area (Å²) >= 11 is 5.67. The first-order valence-electron chi connectivity index (χ1n) is 3.60. The van der Waals surface area contributed by atoms with Crippen LogP contribution in [0, 0.1) is 0 Å². The Morgan fingerprint density at radius 3 is 2.21 bits per heavy atom. The number of nitrogens with zero attached hydrogens (tertiary/aromatic N) is 1. The van der Waals surface area contributed by atoms with Gasteiger partial charge in [0.25, 0.3) is 0 Å². The normalized spacial score (nSPS) is 11.4. The molecule has 78 valence electrons. The van der Waals surface area contributed by atoms with Crippen molar-refractivity contribution in [1.82, 2.24) is 4.83 Å². The van der Waals surface area contributed by atoms with E-state index in [2.05, 4.69) is 4.83 Å². The topological polar surface area (TPSA) is 49.4 Å². The quantitative estimate of drug-likeness (QED) is 0.661. The number of benzene rings is 1. The van der Waals surface area contributed by atoms with Gasteiger partial charge in [0.1, 0.15) is 0 Å². The van der Waals surface area contributed by atoms with Gasteiger partial charge in [0.05, 0.1) is 5.69 Å². The Morgan fingerprint density at radius 1 is 1.29 bits per heavy atom. The highest BCUT2D eigenvalue weighted by Crippen LogP contribution is 2.15. The molecular formula is C7H8Cl2N2O2S. The van der Waals surface area contributed by atoms with E-state index >= 15 is 0 Å². The summed E-state index contributed by atoms with van der Waals surface area (Å²) in [4.78, 5) is 2.08. The number of rotatable bonds is 3. The fourth-order valence-electron chi connectivity index (χ4n) is 0.881. The molecule has 0 saturated heterocycles. The zero-order chi connectivity index (χ0) is 10.8. The summed E-state index contributed by atoms with van der Waals surface area (Å²) in [6.07, 6.45) is 0. The predicted molar refractivity (Wildman–Crippen MR) is 57.8 cm³/mol. The van der Waals surface area contributed by atoms with Crippen molar-refractivity contribution in [3.63, 3.8) is 0 Å². The van der Waals surface area contributed by atoms with Gasteiger partial charge in [0.2, 0.25) is 0 Å². The summed E-state index contributed by atoms with van der Waals surface area (Å²) in [5, 5.41) is 1.86. The van der Waals surface area contributed by atoms with Crippen LogP contribution in [0.25, 0.3) is 0 Å². The Morgan fingerprint density at radius 2 is 1.79 bits per heavy atom. The molecule has 1 rings (SSSR count).